The molecule has 0 aliphatic heterocycles. The molecular formula is C5H9ISe. The van der Waals surface area contributed by atoms with Gasteiger partial charge in [-0.05, 0) is 0 Å². The van der Waals surface area contributed by atoms with Gasteiger partial charge >= 0.3 is 65.3 Å². The van der Waals surface area contributed by atoms with Gasteiger partial charge in [0.1, 0.15) is 0 Å². The number of hydrogen-bond donors (Lipinski definition) is 0. The standard InChI is InChI=1S/C5H9ISe/c1-5(2)7-4-3-6/h3-5H,1-2H3/b4-3+. The fourth-order valence-electron chi connectivity index (χ4n) is 0.187. The van der Waals surface area contributed by atoms with Crippen molar-refractivity contribution in [3.05, 3.63) is 9.06 Å². The van der Waals surface area contributed by atoms with Gasteiger partial charge < -0.3 is 0 Å². The van der Waals surface area contributed by atoms with Crippen LogP contribution in [0.2, 0.25) is 4.82 Å². The van der Waals surface area contributed by atoms with E-state index in [1.807, 2.05) is 0 Å². The van der Waals surface area contributed by atoms with Crippen molar-refractivity contribution >= 4 is 37.5 Å². The molecule has 0 saturated heterocycles. The molecule has 0 aliphatic carbocycles. The third kappa shape index (κ3) is 6.99. The third-order valence-corrected chi connectivity index (χ3v) is 3.62. The molecule has 0 atom stereocenters. The monoisotopic (exact) mass is 276 g/mol. The summed E-state index contributed by atoms with van der Waals surface area (Å²) in [4.78, 5) is 3.12. The van der Waals surface area contributed by atoms with Gasteiger partial charge in [-0.25, -0.2) is 0 Å². The maximum atomic E-state index is 2.26. The molecule has 0 fully saturated rings. The van der Waals surface area contributed by atoms with Crippen LogP contribution < -0.4 is 0 Å². The molecule has 0 unspecified atom stereocenters. The minimum absolute atomic E-state index is 0.737. The van der Waals surface area contributed by atoms with E-state index < -0.39 is 0 Å². The van der Waals surface area contributed by atoms with Crippen LogP contribution in [0, 0.1) is 0 Å². The van der Waals surface area contributed by atoms with Gasteiger partial charge in [0.15, 0.2) is 0 Å². The molecule has 0 saturated carbocycles. The van der Waals surface area contributed by atoms with Gasteiger partial charge in [-0.2, -0.15) is 0 Å². The molecule has 0 aromatic heterocycles. The zero-order valence-electron chi connectivity index (χ0n) is 4.52. The summed E-state index contributed by atoms with van der Waals surface area (Å²) >= 11 is 2.99. The third-order valence-electron chi connectivity index (χ3n) is 0.402. The molecule has 0 spiro atoms. The fraction of sp³-hybridized carbons (Fsp3) is 0.600. The van der Waals surface area contributed by atoms with E-state index in [1.54, 1.807) is 0 Å². The number of hydrogen-bond acceptors (Lipinski definition) is 0. The molecule has 2 heteroatoms. The van der Waals surface area contributed by atoms with Crippen LogP contribution in [0.3, 0.4) is 0 Å². The Kier molecular flexibility index (Phi) is 5.86. The van der Waals surface area contributed by atoms with Crippen molar-refractivity contribution in [2.24, 2.45) is 0 Å². The summed E-state index contributed by atoms with van der Waals surface area (Å²) in [7, 11) is 0. The van der Waals surface area contributed by atoms with Crippen molar-refractivity contribution in [2.45, 2.75) is 18.7 Å². The average Bonchev–Trinajstić information content (AvgIpc) is 1.61. The Morgan fingerprint density at radius 2 is 2.14 bits per heavy atom. The maximum absolute atomic E-state index is 2.26. The first-order valence-corrected chi connectivity index (χ1v) is 5.40. The van der Waals surface area contributed by atoms with E-state index in [-0.39, 0.29) is 0 Å². The molecule has 0 nitrogen and oxygen atoms in total. The summed E-state index contributed by atoms with van der Waals surface area (Å²) in [5, 5.41) is 0. The second kappa shape index (κ2) is 5.13. The van der Waals surface area contributed by atoms with E-state index in [2.05, 4.69) is 45.5 Å². The van der Waals surface area contributed by atoms with E-state index in [1.165, 1.54) is 0 Å². The van der Waals surface area contributed by atoms with E-state index in [4.69, 9.17) is 0 Å². The van der Waals surface area contributed by atoms with Gasteiger partial charge in [0.25, 0.3) is 0 Å². The predicted molar refractivity (Wildman–Crippen MR) is 44.0 cm³/mol. The van der Waals surface area contributed by atoms with E-state index >= 15 is 0 Å². The van der Waals surface area contributed by atoms with Crippen LogP contribution in [0.25, 0.3) is 0 Å². The van der Waals surface area contributed by atoms with Gasteiger partial charge in [0, 0.05) is 0 Å². The molecule has 0 radical (unpaired) electrons. The van der Waals surface area contributed by atoms with Gasteiger partial charge in [-0.15, -0.1) is 0 Å². The molecule has 0 N–H and O–H groups in total. The Balaban J connectivity index is 2.97. The SMILES string of the molecule is CC(C)[Se]/C=C/I. The van der Waals surface area contributed by atoms with Crippen molar-refractivity contribution in [1.29, 1.82) is 0 Å². The molecule has 42 valence electrons. The first kappa shape index (κ1) is 7.99. The van der Waals surface area contributed by atoms with Gasteiger partial charge in [0.05, 0.1) is 0 Å². The van der Waals surface area contributed by atoms with Gasteiger partial charge in [-0.3, -0.25) is 0 Å². The number of rotatable bonds is 2. The second-order valence-electron chi connectivity index (χ2n) is 1.45. The minimum atomic E-state index is 0.737. The Bertz CT molecular complexity index is 59.1. The summed E-state index contributed by atoms with van der Waals surface area (Å²) in [5.74, 6) is 0. The van der Waals surface area contributed by atoms with Crippen molar-refractivity contribution in [3.8, 4) is 0 Å². The molecule has 0 aromatic rings. The van der Waals surface area contributed by atoms with Crippen LogP contribution in [-0.4, -0.2) is 15.0 Å². The Labute approximate surface area is 65.1 Å². The second-order valence-corrected chi connectivity index (χ2v) is 5.29. The van der Waals surface area contributed by atoms with Crippen LogP contribution in [0.5, 0.6) is 0 Å². The van der Waals surface area contributed by atoms with E-state index in [0.717, 1.165) is 19.8 Å². The molecule has 0 aliphatic rings. The predicted octanol–water partition coefficient (Wildman–Crippen LogP) is 2.43. The normalized spacial score (nSPS) is 11.4. The van der Waals surface area contributed by atoms with E-state index in [9.17, 15) is 0 Å². The average molecular weight is 275 g/mol. The summed E-state index contributed by atoms with van der Waals surface area (Å²) in [5.41, 5.74) is 0. The van der Waals surface area contributed by atoms with Crippen LogP contribution >= 0.6 is 22.6 Å². The molecule has 0 rings (SSSR count). The Hall–Kier alpha value is 0.989. The van der Waals surface area contributed by atoms with Crippen LogP contribution in [-0.2, 0) is 0 Å². The quantitative estimate of drug-likeness (QED) is 0.536. The van der Waals surface area contributed by atoms with Crippen LogP contribution in [0.4, 0.5) is 0 Å². The first-order valence-electron chi connectivity index (χ1n) is 2.18. The van der Waals surface area contributed by atoms with E-state index in [0.29, 0.717) is 0 Å². The Morgan fingerprint density at radius 3 is 2.29 bits per heavy atom. The van der Waals surface area contributed by atoms with Crippen molar-refractivity contribution < 1.29 is 0 Å². The topological polar surface area (TPSA) is 0 Å². The van der Waals surface area contributed by atoms with Crippen molar-refractivity contribution in [3.63, 3.8) is 0 Å². The first-order chi connectivity index (χ1) is 3.27. The van der Waals surface area contributed by atoms with Crippen molar-refractivity contribution in [1.82, 2.24) is 0 Å². The molecule has 0 bridgehead atoms. The van der Waals surface area contributed by atoms with Crippen LogP contribution in [0.1, 0.15) is 13.8 Å². The summed E-state index contributed by atoms with van der Waals surface area (Å²) in [6.07, 6.45) is 0. The van der Waals surface area contributed by atoms with Crippen LogP contribution in [0.15, 0.2) is 9.06 Å². The molecular weight excluding hydrogens is 266 g/mol. The number of halogens is 1. The zero-order valence-corrected chi connectivity index (χ0v) is 8.39. The Morgan fingerprint density at radius 1 is 1.57 bits per heavy atom. The summed E-state index contributed by atoms with van der Waals surface area (Å²) in [6, 6.07) is 0. The van der Waals surface area contributed by atoms with Gasteiger partial charge in [-0.1, -0.05) is 0 Å². The van der Waals surface area contributed by atoms with Crippen molar-refractivity contribution in [2.75, 3.05) is 0 Å². The zero-order chi connectivity index (χ0) is 5.70. The van der Waals surface area contributed by atoms with Gasteiger partial charge in [0.2, 0.25) is 0 Å². The molecule has 7 heavy (non-hydrogen) atoms. The molecule has 0 amide bonds. The molecule has 0 aromatic carbocycles. The summed E-state index contributed by atoms with van der Waals surface area (Å²) in [6.45, 7) is 4.49. The fourth-order valence-corrected chi connectivity index (χ4v) is 1.85. The molecule has 0 heterocycles. The summed E-state index contributed by atoms with van der Waals surface area (Å²) < 4.78 is 2.09.